The third-order valence-corrected chi connectivity index (χ3v) is 3.43. The molecular weight excluding hydrogens is 252 g/mol. The summed E-state index contributed by atoms with van der Waals surface area (Å²) < 4.78 is 0. The van der Waals surface area contributed by atoms with Crippen LogP contribution >= 0.6 is 11.3 Å². The Kier molecular flexibility index (Phi) is 6.38. The van der Waals surface area contributed by atoms with Gasteiger partial charge in [-0.2, -0.15) is 0 Å². The Balaban J connectivity index is 2.37. The zero-order chi connectivity index (χ0) is 13.4. The number of rotatable bonds is 7. The van der Waals surface area contributed by atoms with Crippen LogP contribution in [0, 0.1) is 0 Å². The van der Waals surface area contributed by atoms with E-state index in [9.17, 15) is 9.59 Å². The molecule has 18 heavy (non-hydrogen) atoms. The number of hydroxylamine groups is 1. The largest absolute Gasteiger partial charge is 0.351 e. The lowest BCUT2D eigenvalue weighted by molar-refractivity contribution is 0.0707. The summed E-state index contributed by atoms with van der Waals surface area (Å²) in [6.45, 7) is 2.79. The highest BCUT2D eigenvalue weighted by Crippen LogP contribution is 2.14. The van der Waals surface area contributed by atoms with Crippen LogP contribution in [-0.4, -0.2) is 23.6 Å². The van der Waals surface area contributed by atoms with Gasteiger partial charge in [-0.3, -0.25) is 14.8 Å². The normalized spacial score (nSPS) is 10.1. The Hall–Kier alpha value is -1.40. The maximum atomic E-state index is 11.7. The zero-order valence-corrected chi connectivity index (χ0v) is 11.2. The van der Waals surface area contributed by atoms with Crippen LogP contribution in [0.2, 0.25) is 0 Å². The van der Waals surface area contributed by atoms with Crippen LogP contribution in [-0.2, 0) is 0 Å². The van der Waals surface area contributed by atoms with Gasteiger partial charge in [0.05, 0.1) is 10.4 Å². The first-order valence-electron chi connectivity index (χ1n) is 6.00. The standard InChI is InChI=1S/C12H18N2O3S/c1-2-3-4-5-6-13-12(16)10-7-9(8-18-10)11(15)14-17/h7-8,17H,2-6H2,1H3,(H,13,16)(H,14,15). The summed E-state index contributed by atoms with van der Waals surface area (Å²) in [6, 6.07) is 1.47. The lowest BCUT2D eigenvalue weighted by Gasteiger charge is -2.02. The summed E-state index contributed by atoms with van der Waals surface area (Å²) in [5.74, 6) is -0.776. The maximum Gasteiger partial charge on any atom is 0.275 e. The molecule has 2 amide bonds. The number of unbranched alkanes of at least 4 members (excludes halogenated alkanes) is 3. The zero-order valence-electron chi connectivity index (χ0n) is 10.4. The molecule has 5 nitrogen and oxygen atoms in total. The molecule has 0 unspecified atom stereocenters. The van der Waals surface area contributed by atoms with Crippen LogP contribution in [0.25, 0.3) is 0 Å². The molecule has 1 rings (SSSR count). The number of amides is 2. The molecule has 0 spiro atoms. The monoisotopic (exact) mass is 270 g/mol. The average Bonchev–Trinajstić information content (AvgIpc) is 2.87. The minimum atomic E-state index is -0.603. The molecule has 3 N–H and O–H groups in total. The van der Waals surface area contributed by atoms with Crippen molar-refractivity contribution in [1.29, 1.82) is 0 Å². The molecule has 100 valence electrons. The highest BCUT2D eigenvalue weighted by molar-refractivity contribution is 7.12. The van der Waals surface area contributed by atoms with E-state index >= 15 is 0 Å². The van der Waals surface area contributed by atoms with E-state index in [-0.39, 0.29) is 5.91 Å². The first-order valence-corrected chi connectivity index (χ1v) is 6.88. The molecule has 0 saturated heterocycles. The van der Waals surface area contributed by atoms with Crippen molar-refractivity contribution in [2.45, 2.75) is 32.6 Å². The fraction of sp³-hybridized carbons (Fsp3) is 0.500. The molecular formula is C12H18N2O3S. The highest BCUT2D eigenvalue weighted by Gasteiger charge is 2.12. The van der Waals surface area contributed by atoms with Crippen molar-refractivity contribution in [3.8, 4) is 0 Å². The van der Waals surface area contributed by atoms with Crippen LogP contribution in [0.5, 0.6) is 0 Å². The van der Waals surface area contributed by atoms with Gasteiger partial charge in [0.1, 0.15) is 0 Å². The molecule has 1 heterocycles. The highest BCUT2D eigenvalue weighted by atomic mass is 32.1. The van der Waals surface area contributed by atoms with E-state index in [2.05, 4.69) is 12.2 Å². The average molecular weight is 270 g/mol. The van der Waals surface area contributed by atoms with Gasteiger partial charge in [0.2, 0.25) is 0 Å². The molecule has 0 fully saturated rings. The van der Waals surface area contributed by atoms with Crippen molar-refractivity contribution in [2.24, 2.45) is 0 Å². The number of carbonyl (C=O) groups excluding carboxylic acids is 2. The van der Waals surface area contributed by atoms with Gasteiger partial charge in [0, 0.05) is 11.9 Å². The predicted molar refractivity (Wildman–Crippen MR) is 70.0 cm³/mol. The van der Waals surface area contributed by atoms with Gasteiger partial charge in [-0.25, -0.2) is 5.48 Å². The minimum absolute atomic E-state index is 0.173. The van der Waals surface area contributed by atoms with Gasteiger partial charge in [0.25, 0.3) is 11.8 Å². The summed E-state index contributed by atoms with van der Waals surface area (Å²) in [5.41, 5.74) is 1.83. The van der Waals surface area contributed by atoms with Gasteiger partial charge in [0.15, 0.2) is 0 Å². The molecule has 1 aromatic heterocycles. The lowest BCUT2D eigenvalue weighted by Crippen LogP contribution is -2.23. The van der Waals surface area contributed by atoms with Crippen molar-refractivity contribution in [3.05, 3.63) is 21.9 Å². The van der Waals surface area contributed by atoms with Gasteiger partial charge in [-0.15, -0.1) is 11.3 Å². The summed E-state index contributed by atoms with van der Waals surface area (Å²) >= 11 is 1.19. The first-order chi connectivity index (χ1) is 8.69. The minimum Gasteiger partial charge on any atom is -0.351 e. The molecule has 0 radical (unpaired) electrons. The number of nitrogens with one attached hydrogen (secondary N) is 2. The Bertz CT molecular complexity index is 404. The Morgan fingerprint density at radius 3 is 2.72 bits per heavy atom. The second-order valence-corrected chi connectivity index (χ2v) is 4.87. The van der Waals surface area contributed by atoms with Crippen LogP contribution in [0.1, 0.15) is 52.6 Å². The van der Waals surface area contributed by atoms with Crippen molar-refractivity contribution < 1.29 is 14.8 Å². The SMILES string of the molecule is CCCCCCNC(=O)c1cc(C(=O)NO)cs1. The van der Waals surface area contributed by atoms with Crippen molar-refractivity contribution in [1.82, 2.24) is 10.8 Å². The summed E-state index contributed by atoms with van der Waals surface area (Å²) in [5, 5.41) is 12.8. The molecule has 0 aliphatic heterocycles. The molecule has 1 aromatic rings. The molecule has 0 aromatic carbocycles. The fourth-order valence-corrected chi connectivity index (χ4v) is 2.28. The smallest absolute Gasteiger partial charge is 0.275 e. The van der Waals surface area contributed by atoms with E-state index in [1.807, 2.05) is 0 Å². The van der Waals surface area contributed by atoms with Gasteiger partial charge in [-0.1, -0.05) is 26.2 Å². The van der Waals surface area contributed by atoms with E-state index in [0.717, 1.165) is 12.8 Å². The van der Waals surface area contributed by atoms with Crippen molar-refractivity contribution >= 4 is 23.2 Å². The van der Waals surface area contributed by atoms with E-state index in [1.54, 1.807) is 0 Å². The number of hydrogen-bond acceptors (Lipinski definition) is 4. The number of carbonyl (C=O) groups is 2. The van der Waals surface area contributed by atoms with Crippen molar-refractivity contribution in [2.75, 3.05) is 6.54 Å². The summed E-state index contributed by atoms with van der Waals surface area (Å²) in [4.78, 5) is 23.3. The van der Waals surface area contributed by atoms with E-state index in [4.69, 9.17) is 5.21 Å². The van der Waals surface area contributed by atoms with Crippen LogP contribution in [0.15, 0.2) is 11.4 Å². The number of hydrogen-bond donors (Lipinski definition) is 3. The van der Waals surface area contributed by atoms with Gasteiger partial charge < -0.3 is 5.32 Å². The van der Waals surface area contributed by atoms with Crippen LogP contribution in [0.4, 0.5) is 0 Å². The summed E-state index contributed by atoms with van der Waals surface area (Å²) in [7, 11) is 0. The number of thiophene rings is 1. The molecule has 0 atom stereocenters. The predicted octanol–water partition coefficient (Wildman–Crippen LogP) is 2.18. The second kappa shape index (κ2) is 7.84. The van der Waals surface area contributed by atoms with E-state index in [0.29, 0.717) is 17.0 Å². The van der Waals surface area contributed by atoms with Crippen LogP contribution in [0.3, 0.4) is 0 Å². The molecule has 0 aliphatic rings. The van der Waals surface area contributed by atoms with E-state index in [1.165, 1.54) is 41.1 Å². The third-order valence-electron chi connectivity index (χ3n) is 2.50. The molecule has 0 aliphatic carbocycles. The van der Waals surface area contributed by atoms with Crippen molar-refractivity contribution in [3.63, 3.8) is 0 Å². The Labute approximate surface area is 110 Å². The van der Waals surface area contributed by atoms with Crippen LogP contribution < -0.4 is 10.8 Å². The summed E-state index contributed by atoms with van der Waals surface area (Å²) in [6.07, 6.45) is 4.42. The Morgan fingerprint density at radius 1 is 1.28 bits per heavy atom. The Morgan fingerprint density at radius 2 is 2.06 bits per heavy atom. The van der Waals surface area contributed by atoms with Gasteiger partial charge >= 0.3 is 0 Å². The lowest BCUT2D eigenvalue weighted by atomic mass is 10.2. The fourth-order valence-electron chi connectivity index (χ4n) is 1.48. The second-order valence-electron chi connectivity index (χ2n) is 3.96. The quantitative estimate of drug-likeness (QED) is 0.403. The van der Waals surface area contributed by atoms with E-state index < -0.39 is 5.91 Å². The topological polar surface area (TPSA) is 78.4 Å². The third kappa shape index (κ3) is 4.46. The molecule has 6 heteroatoms. The maximum absolute atomic E-state index is 11.7. The first kappa shape index (κ1) is 14.7. The molecule has 0 saturated carbocycles. The molecule has 0 bridgehead atoms. The van der Waals surface area contributed by atoms with Gasteiger partial charge in [-0.05, 0) is 12.5 Å².